The van der Waals surface area contributed by atoms with E-state index < -0.39 is 5.41 Å². The topological polar surface area (TPSA) is 55.2 Å². The van der Waals surface area contributed by atoms with Crippen LogP contribution < -0.4 is 0 Å². The number of thiophene rings is 1. The highest BCUT2D eigenvalue weighted by atomic mass is 79.9. The summed E-state index contributed by atoms with van der Waals surface area (Å²) in [5, 5.41) is 9.49. The van der Waals surface area contributed by atoms with Crippen molar-refractivity contribution in [1.82, 2.24) is 9.97 Å². The number of hydrogen-bond acceptors (Lipinski definition) is 5. The Morgan fingerprint density at radius 3 is 2.78 bits per heavy atom. The Hall–Kier alpha value is -0.820. The number of rotatable bonds is 3. The number of aliphatic hydroxyl groups excluding tert-OH is 1. The van der Waals surface area contributed by atoms with Crippen LogP contribution in [0.3, 0.4) is 0 Å². The molecule has 0 aliphatic carbocycles. The molecule has 0 amide bonds. The van der Waals surface area contributed by atoms with Gasteiger partial charge >= 0.3 is 0 Å². The van der Waals surface area contributed by atoms with Crippen LogP contribution in [0.1, 0.15) is 5.82 Å². The molecule has 3 rings (SSSR count). The minimum atomic E-state index is -0.412. The molecule has 2 aromatic rings. The number of hydrogen-bond donors (Lipinski definition) is 1. The zero-order valence-corrected chi connectivity index (χ0v) is 11.9. The fourth-order valence-electron chi connectivity index (χ4n) is 1.84. The van der Waals surface area contributed by atoms with Gasteiger partial charge in [0.25, 0.3) is 0 Å². The van der Waals surface area contributed by atoms with E-state index in [-0.39, 0.29) is 6.61 Å². The van der Waals surface area contributed by atoms with Gasteiger partial charge in [0.05, 0.1) is 39.6 Å². The van der Waals surface area contributed by atoms with Crippen molar-refractivity contribution in [1.29, 1.82) is 0 Å². The van der Waals surface area contributed by atoms with Crippen molar-refractivity contribution in [2.45, 2.75) is 5.41 Å². The molecule has 0 saturated carbocycles. The van der Waals surface area contributed by atoms with Crippen LogP contribution in [0.2, 0.25) is 0 Å². The maximum atomic E-state index is 9.49. The molecule has 94 valence electrons. The second kappa shape index (κ2) is 4.70. The third kappa shape index (κ3) is 1.99. The van der Waals surface area contributed by atoms with Gasteiger partial charge in [-0.25, -0.2) is 9.97 Å². The van der Waals surface area contributed by atoms with Gasteiger partial charge in [0.2, 0.25) is 0 Å². The van der Waals surface area contributed by atoms with Gasteiger partial charge in [-0.1, -0.05) is 0 Å². The van der Waals surface area contributed by atoms with Crippen LogP contribution in [0.25, 0.3) is 10.6 Å². The molecule has 0 spiro atoms. The van der Waals surface area contributed by atoms with Crippen LogP contribution >= 0.6 is 27.3 Å². The van der Waals surface area contributed by atoms with Gasteiger partial charge < -0.3 is 9.84 Å². The average Bonchev–Trinajstić information content (AvgIpc) is 2.76. The van der Waals surface area contributed by atoms with Gasteiger partial charge in [0, 0.05) is 6.20 Å². The Morgan fingerprint density at radius 1 is 1.39 bits per heavy atom. The molecule has 0 unspecified atom stereocenters. The Morgan fingerprint density at radius 2 is 2.22 bits per heavy atom. The SMILES string of the molecule is OCC1(c2nccc(-c3ccc(Br)s3)n2)COC1. The standard InChI is InChI=1S/C12H11BrN2O2S/c13-10-2-1-9(18-10)8-3-4-14-11(15-8)12(5-16)6-17-7-12/h1-4,16H,5-7H2. The van der Waals surface area contributed by atoms with E-state index in [1.54, 1.807) is 17.5 Å². The van der Waals surface area contributed by atoms with Crippen LogP contribution in [0, 0.1) is 0 Å². The lowest BCUT2D eigenvalue weighted by atomic mass is 9.86. The molecule has 3 heterocycles. The maximum Gasteiger partial charge on any atom is 0.142 e. The summed E-state index contributed by atoms with van der Waals surface area (Å²) in [4.78, 5) is 9.92. The van der Waals surface area contributed by atoms with Crippen molar-refractivity contribution in [3.05, 3.63) is 34.0 Å². The fraction of sp³-hybridized carbons (Fsp3) is 0.333. The lowest BCUT2D eigenvalue weighted by molar-refractivity contribution is -0.0883. The summed E-state index contributed by atoms with van der Waals surface area (Å²) in [6.07, 6.45) is 1.74. The number of aromatic nitrogens is 2. The third-order valence-corrected chi connectivity index (χ3v) is 4.66. The zero-order chi connectivity index (χ0) is 12.6. The molecule has 0 radical (unpaired) electrons. The molecule has 0 atom stereocenters. The molecule has 4 nitrogen and oxygen atoms in total. The van der Waals surface area contributed by atoms with E-state index in [2.05, 4.69) is 25.9 Å². The van der Waals surface area contributed by atoms with E-state index in [9.17, 15) is 5.11 Å². The van der Waals surface area contributed by atoms with Gasteiger partial charge in [-0.2, -0.15) is 0 Å². The average molecular weight is 327 g/mol. The molecule has 1 saturated heterocycles. The molecule has 1 fully saturated rings. The predicted molar refractivity (Wildman–Crippen MR) is 72.6 cm³/mol. The largest absolute Gasteiger partial charge is 0.395 e. The maximum absolute atomic E-state index is 9.49. The van der Waals surface area contributed by atoms with Gasteiger partial charge in [0.15, 0.2) is 0 Å². The summed E-state index contributed by atoms with van der Waals surface area (Å²) in [6, 6.07) is 5.90. The molecule has 1 N–H and O–H groups in total. The van der Waals surface area contributed by atoms with Crippen LogP contribution in [-0.4, -0.2) is 34.9 Å². The lowest BCUT2D eigenvalue weighted by Gasteiger charge is -2.38. The first-order chi connectivity index (χ1) is 8.73. The highest BCUT2D eigenvalue weighted by Crippen LogP contribution is 2.33. The van der Waals surface area contributed by atoms with Crippen molar-refractivity contribution >= 4 is 27.3 Å². The Bertz CT molecular complexity index is 563. The second-order valence-corrected chi connectivity index (χ2v) is 6.76. The highest BCUT2D eigenvalue weighted by Gasteiger charge is 2.42. The molecule has 2 aromatic heterocycles. The summed E-state index contributed by atoms with van der Waals surface area (Å²) >= 11 is 5.07. The van der Waals surface area contributed by atoms with Crippen molar-refractivity contribution in [2.75, 3.05) is 19.8 Å². The van der Waals surface area contributed by atoms with Gasteiger partial charge in [-0.15, -0.1) is 11.3 Å². The number of aliphatic hydroxyl groups is 1. The molecule has 0 aromatic carbocycles. The number of ether oxygens (including phenoxy) is 1. The van der Waals surface area contributed by atoms with Crippen molar-refractivity contribution in [3.63, 3.8) is 0 Å². The number of halogens is 1. The van der Waals surface area contributed by atoms with E-state index in [0.29, 0.717) is 19.0 Å². The zero-order valence-electron chi connectivity index (χ0n) is 9.47. The Labute approximate surface area is 117 Å². The van der Waals surface area contributed by atoms with Gasteiger partial charge in [-0.05, 0) is 34.1 Å². The first-order valence-corrected chi connectivity index (χ1v) is 7.12. The van der Waals surface area contributed by atoms with Crippen LogP contribution in [0.4, 0.5) is 0 Å². The summed E-state index contributed by atoms with van der Waals surface area (Å²) in [5.74, 6) is 0.665. The van der Waals surface area contributed by atoms with Gasteiger partial charge in [0.1, 0.15) is 5.82 Å². The number of nitrogens with zero attached hydrogens (tertiary/aromatic N) is 2. The van der Waals surface area contributed by atoms with Crippen molar-refractivity contribution in [3.8, 4) is 10.6 Å². The molecular formula is C12H11BrN2O2S. The normalized spacial score (nSPS) is 17.4. The first-order valence-electron chi connectivity index (χ1n) is 5.51. The van der Waals surface area contributed by atoms with E-state index >= 15 is 0 Å². The minimum Gasteiger partial charge on any atom is -0.395 e. The monoisotopic (exact) mass is 326 g/mol. The molecule has 1 aliphatic rings. The fourth-order valence-corrected chi connectivity index (χ4v) is 3.20. The lowest BCUT2D eigenvalue weighted by Crippen LogP contribution is -2.50. The van der Waals surface area contributed by atoms with E-state index in [4.69, 9.17) is 4.74 Å². The highest BCUT2D eigenvalue weighted by molar-refractivity contribution is 9.11. The van der Waals surface area contributed by atoms with E-state index in [0.717, 1.165) is 14.4 Å². The first kappa shape index (κ1) is 12.2. The molecule has 0 bridgehead atoms. The predicted octanol–water partition coefficient (Wildman–Crippen LogP) is 2.23. The third-order valence-electron chi connectivity index (χ3n) is 3.01. The smallest absolute Gasteiger partial charge is 0.142 e. The second-order valence-electron chi connectivity index (χ2n) is 4.30. The van der Waals surface area contributed by atoms with Crippen LogP contribution in [0.5, 0.6) is 0 Å². The summed E-state index contributed by atoms with van der Waals surface area (Å²) in [7, 11) is 0. The van der Waals surface area contributed by atoms with Gasteiger partial charge in [-0.3, -0.25) is 0 Å². The summed E-state index contributed by atoms with van der Waals surface area (Å²) in [6.45, 7) is 0.993. The summed E-state index contributed by atoms with van der Waals surface area (Å²) < 4.78 is 6.26. The quantitative estimate of drug-likeness (QED) is 0.939. The van der Waals surface area contributed by atoms with E-state index in [1.807, 2.05) is 18.2 Å². The summed E-state index contributed by atoms with van der Waals surface area (Å²) in [5.41, 5.74) is 0.472. The van der Waals surface area contributed by atoms with Crippen LogP contribution in [0.15, 0.2) is 28.2 Å². The molecule has 1 aliphatic heterocycles. The minimum absolute atomic E-state index is 0.0184. The van der Waals surface area contributed by atoms with E-state index in [1.165, 1.54) is 0 Å². The Kier molecular flexibility index (Phi) is 3.19. The molecule has 6 heteroatoms. The van der Waals surface area contributed by atoms with Crippen molar-refractivity contribution < 1.29 is 9.84 Å². The molecule has 18 heavy (non-hydrogen) atoms. The van der Waals surface area contributed by atoms with Crippen LogP contribution in [-0.2, 0) is 10.2 Å². The van der Waals surface area contributed by atoms with Crippen molar-refractivity contribution in [2.24, 2.45) is 0 Å². The molecular weight excluding hydrogens is 316 g/mol. The Balaban J connectivity index is 1.99.